The minimum absolute atomic E-state index is 0.0623. The molecule has 0 aliphatic carbocycles. The smallest absolute Gasteiger partial charge is 0.315 e. The van der Waals surface area contributed by atoms with Crippen molar-refractivity contribution in [2.75, 3.05) is 25.9 Å². The lowest BCUT2D eigenvalue weighted by atomic mass is 10.1. The van der Waals surface area contributed by atoms with Crippen LogP contribution in [0.4, 0.5) is 10.5 Å². The van der Waals surface area contributed by atoms with E-state index in [9.17, 15) is 14.4 Å². The van der Waals surface area contributed by atoms with Crippen molar-refractivity contribution in [1.82, 2.24) is 15.5 Å². The van der Waals surface area contributed by atoms with Gasteiger partial charge in [-0.1, -0.05) is 12.1 Å². The van der Waals surface area contributed by atoms with Gasteiger partial charge in [0.05, 0.1) is 13.7 Å². The standard InChI is InChI=1S/C22H28N4O4/c1-4-26(14-18-11-17(15(2)27)7-10-20(18)30-3)21(28)13-25-22(29)24-12-16-5-8-19(23)9-6-16/h5-11H,4,12-14,23H2,1-3H3,(H2,24,25,29). The third kappa shape index (κ3) is 6.51. The number of benzene rings is 2. The van der Waals surface area contributed by atoms with Crippen LogP contribution < -0.4 is 21.1 Å². The van der Waals surface area contributed by atoms with Gasteiger partial charge in [-0.2, -0.15) is 0 Å². The number of rotatable bonds is 9. The molecule has 3 amide bonds. The largest absolute Gasteiger partial charge is 0.496 e. The highest BCUT2D eigenvalue weighted by molar-refractivity contribution is 5.94. The molecule has 2 aromatic rings. The van der Waals surface area contributed by atoms with Crippen molar-refractivity contribution >= 4 is 23.4 Å². The predicted octanol–water partition coefficient (Wildman–Crippen LogP) is 2.33. The predicted molar refractivity (Wildman–Crippen MR) is 115 cm³/mol. The molecule has 0 unspecified atom stereocenters. The number of carbonyl (C=O) groups excluding carboxylic acids is 3. The van der Waals surface area contributed by atoms with Gasteiger partial charge in [0.15, 0.2) is 5.78 Å². The molecule has 2 rings (SSSR count). The highest BCUT2D eigenvalue weighted by Crippen LogP contribution is 2.22. The second kappa shape index (κ2) is 10.8. The minimum atomic E-state index is -0.438. The van der Waals surface area contributed by atoms with Gasteiger partial charge >= 0.3 is 6.03 Å². The van der Waals surface area contributed by atoms with E-state index >= 15 is 0 Å². The number of nitrogens with zero attached hydrogens (tertiary/aromatic N) is 1. The first-order valence-corrected chi connectivity index (χ1v) is 9.65. The number of methoxy groups -OCH3 is 1. The molecule has 0 saturated carbocycles. The number of nitrogens with two attached hydrogens (primary N) is 1. The molecule has 0 heterocycles. The van der Waals surface area contributed by atoms with Crippen LogP contribution in [0.2, 0.25) is 0 Å². The van der Waals surface area contributed by atoms with Gasteiger partial charge in [-0.15, -0.1) is 0 Å². The average Bonchev–Trinajstić information content (AvgIpc) is 2.75. The highest BCUT2D eigenvalue weighted by atomic mass is 16.5. The Kier molecular flexibility index (Phi) is 8.22. The number of Topliss-reactive ketones (excluding diaryl/α,β-unsaturated/α-hetero) is 1. The molecule has 160 valence electrons. The molecular weight excluding hydrogens is 384 g/mol. The Hall–Kier alpha value is -3.55. The zero-order valence-corrected chi connectivity index (χ0v) is 17.5. The van der Waals surface area contributed by atoms with Gasteiger partial charge in [-0.25, -0.2) is 4.79 Å². The van der Waals surface area contributed by atoms with Crippen molar-refractivity contribution in [3.63, 3.8) is 0 Å². The van der Waals surface area contributed by atoms with E-state index in [4.69, 9.17) is 10.5 Å². The summed E-state index contributed by atoms with van der Waals surface area (Å²) in [5.41, 5.74) is 8.47. The number of nitrogens with one attached hydrogen (secondary N) is 2. The number of nitrogen functional groups attached to an aromatic ring is 1. The number of amides is 3. The first-order valence-electron chi connectivity index (χ1n) is 9.65. The van der Waals surface area contributed by atoms with E-state index in [1.54, 1.807) is 35.2 Å². The third-order valence-corrected chi connectivity index (χ3v) is 4.62. The van der Waals surface area contributed by atoms with E-state index in [1.165, 1.54) is 14.0 Å². The third-order valence-electron chi connectivity index (χ3n) is 4.62. The Balaban J connectivity index is 1.91. The molecule has 8 nitrogen and oxygen atoms in total. The first-order chi connectivity index (χ1) is 14.3. The fourth-order valence-electron chi connectivity index (χ4n) is 2.85. The van der Waals surface area contributed by atoms with E-state index in [0.717, 1.165) is 11.1 Å². The maximum absolute atomic E-state index is 12.6. The van der Waals surface area contributed by atoms with Gasteiger partial charge in [0.1, 0.15) is 5.75 Å². The summed E-state index contributed by atoms with van der Waals surface area (Å²) in [7, 11) is 1.54. The van der Waals surface area contributed by atoms with Gasteiger partial charge in [-0.05, 0) is 49.7 Å². The van der Waals surface area contributed by atoms with Gasteiger partial charge in [0, 0.05) is 36.4 Å². The quantitative estimate of drug-likeness (QED) is 0.432. The van der Waals surface area contributed by atoms with Crippen LogP contribution >= 0.6 is 0 Å². The van der Waals surface area contributed by atoms with E-state index < -0.39 is 6.03 Å². The number of ether oxygens (including phenoxy) is 1. The lowest BCUT2D eigenvalue weighted by molar-refractivity contribution is -0.130. The van der Waals surface area contributed by atoms with Crippen LogP contribution in [-0.4, -0.2) is 42.8 Å². The second-order valence-corrected chi connectivity index (χ2v) is 6.77. The van der Waals surface area contributed by atoms with Crippen LogP contribution in [0, 0.1) is 0 Å². The summed E-state index contributed by atoms with van der Waals surface area (Å²) in [6, 6.07) is 11.9. The van der Waals surface area contributed by atoms with E-state index in [-0.39, 0.29) is 24.8 Å². The molecule has 0 spiro atoms. The van der Waals surface area contributed by atoms with E-state index in [2.05, 4.69) is 10.6 Å². The Morgan fingerprint density at radius 2 is 1.77 bits per heavy atom. The van der Waals surface area contributed by atoms with Crippen molar-refractivity contribution < 1.29 is 19.1 Å². The molecule has 0 aliphatic heterocycles. The van der Waals surface area contributed by atoms with Gasteiger partial charge in [0.2, 0.25) is 5.91 Å². The van der Waals surface area contributed by atoms with E-state index in [0.29, 0.717) is 30.1 Å². The SMILES string of the molecule is CCN(Cc1cc(C(C)=O)ccc1OC)C(=O)CNC(=O)NCc1ccc(N)cc1. The molecule has 0 radical (unpaired) electrons. The van der Waals surface area contributed by atoms with Crippen molar-refractivity contribution in [2.45, 2.75) is 26.9 Å². The highest BCUT2D eigenvalue weighted by Gasteiger charge is 2.16. The summed E-state index contributed by atoms with van der Waals surface area (Å²) in [5.74, 6) is 0.295. The van der Waals surface area contributed by atoms with Crippen LogP contribution in [-0.2, 0) is 17.9 Å². The van der Waals surface area contributed by atoms with Crippen LogP contribution in [0.5, 0.6) is 5.75 Å². The minimum Gasteiger partial charge on any atom is -0.496 e. The maximum atomic E-state index is 12.6. The Bertz CT molecular complexity index is 897. The average molecular weight is 412 g/mol. The Morgan fingerprint density at radius 3 is 2.37 bits per heavy atom. The zero-order chi connectivity index (χ0) is 22.1. The Labute approximate surface area is 176 Å². The molecule has 0 bridgehead atoms. The molecule has 0 fully saturated rings. The Morgan fingerprint density at radius 1 is 1.07 bits per heavy atom. The summed E-state index contributed by atoms with van der Waals surface area (Å²) in [4.78, 5) is 37.8. The van der Waals surface area contributed by atoms with Crippen molar-refractivity contribution in [3.8, 4) is 5.75 Å². The molecule has 0 saturated heterocycles. The lowest BCUT2D eigenvalue weighted by Crippen LogP contribution is -2.43. The topological polar surface area (TPSA) is 114 Å². The molecular formula is C22H28N4O4. The van der Waals surface area contributed by atoms with Gasteiger partial charge < -0.3 is 26.0 Å². The number of hydrogen-bond acceptors (Lipinski definition) is 5. The lowest BCUT2D eigenvalue weighted by Gasteiger charge is -2.22. The summed E-state index contributed by atoms with van der Waals surface area (Å²) < 4.78 is 5.35. The molecule has 4 N–H and O–H groups in total. The number of carbonyl (C=O) groups is 3. The van der Waals surface area contributed by atoms with Crippen molar-refractivity contribution in [3.05, 3.63) is 59.2 Å². The van der Waals surface area contributed by atoms with Crippen LogP contribution in [0.1, 0.15) is 35.3 Å². The molecule has 0 aliphatic rings. The summed E-state index contributed by atoms with van der Waals surface area (Å²) in [5, 5.41) is 5.27. The van der Waals surface area contributed by atoms with Crippen LogP contribution in [0.3, 0.4) is 0 Å². The summed E-state index contributed by atoms with van der Waals surface area (Å²) in [6.45, 7) is 4.24. The van der Waals surface area contributed by atoms with E-state index in [1.807, 2.05) is 19.1 Å². The molecule has 30 heavy (non-hydrogen) atoms. The van der Waals surface area contributed by atoms with Crippen molar-refractivity contribution in [1.29, 1.82) is 0 Å². The molecule has 0 aromatic heterocycles. The molecule has 2 aromatic carbocycles. The number of ketones is 1. The van der Waals surface area contributed by atoms with Gasteiger partial charge in [0.25, 0.3) is 0 Å². The number of likely N-dealkylation sites (N-methyl/N-ethyl adjacent to an activating group) is 1. The molecule has 8 heteroatoms. The zero-order valence-electron chi connectivity index (χ0n) is 17.5. The molecule has 0 atom stereocenters. The summed E-state index contributed by atoms with van der Waals surface area (Å²) in [6.07, 6.45) is 0. The van der Waals surface area contributed by atoms with Crippen LogP contribution in [0.25, 0.3) is 0 Å². The summed E-state index contributed by atoms with van der Waals surface area (Å²) >= 11 is 0. The van der Waals surface area contributed by atoms with Gasteiger partial charge in [-0.3, -0.25) is 9.59 Å². The number of anilines is 1. The second-order valence-electron chi connectivity index (χ2n) is 6.77. The van der Waals surface area contributed by atoms with Crippen molar-refractivity contribution in [2.24, 2.45) is 0 Å². The monoisotopic (exact) mass is 412 g/mol. The first kappa shape index (κ1) is 22.7. The fourth-order valence-corrected chi connectivity index (χ4v) is 2.85. The maximum Gasteiger partial charge on any atom is 0.315 e. The normalized spacial score (nSPS) is 10.2. The number of urea groups is 1. The fraction of sp³-hybridized carbons (Fsp3) is 0.318. The number of hydrogen-bond donors (Lipinski definition) is 3. The van der Waals surface area contributed by atoms with Crippen LogP contribution in [0.15, 0.2) is 42.5 Å².